The highest BCUT2D eigenvalue weighted by atomic mass is 19.1. The first-order valence-corrected chi connectivity index (χ1v) is 6.78. The Morgan fingerprint density at radius 2 is 1.95 bits per heavy atom. The van der Waals surface area contributed by atoms with E-state index in [0.717, 1.165) is 11.1 Å². The number of aliphatic carboxylic acids is 1. The maximum Gasteiger partial charge on any atom is 0.311 e. The minimum Gasteiger partial charge on any atom is -0.481 e. The molecule has 0 aromatic heterocycles. The standard InChI is InChI=1S/C16H18FNO3/c1-11(12-3-5-13(17)6-4-12)9-14(19)18-8-7-16(2,10-18)15(20)21/h3-6,9H,7-8,10H2,1-2H3,(H,20,21). The smallest absolute Gasteiger partial charge is 0.311 e. The average molecular weight is 291 g/mol. The van der Waals surface area contributed by atoms with Crippen molar-refractivity contribution < 1.29 is 19.1 Å². The molecule has 1 aromatic carbocycles. The Hall–Kier alpha value is -2.17. The third-order valence-corrected chi connectivity index (χ3v) is 3.94. The van der Waals surface area contributed by atoms with Gasteiger partial charge in [0, 0.05) is 19.2 Å². The molecule has 21 heavy (non-hydrogen) atoms. The molecule has 1 aliphatic rings. The van der Waals surface area contributed by atoms with Crippen molar-refractivity contribution in [2.45, 2.75) is 20.3 Å². The number of carbonyl (C=O) groups is 2. The number of carbonyl (C=O) groups excluding carboxylic acids is 1. The van der Waals surface area contributed by atoms with Gasteiger partial charge in [-0.05, 0) is 43.5 Å². The Kier molecular flexibility index (Phi) is 4.11. The molecule has 1 atom stereocenters. The van der Waals surface area contributed by atoms with Gasteiger partial charge in [-0.3, -0.25) is 9.59 Å². The molecule has 1 heterocycles. The minimum absolute atomic E-state index is 0.207. The number of carboxylic acid groups (broad SMARTS) is 1. The zero-order chi connectivity index (χ0) is 15.6. The lowest BCUT2D eigenvalue weighted by atomic mass is 9.90. The van der Waals surface area contributed by atoms with Gasteiger partial charge in [0.1, 0.15) is 5.82 Å². The quantitative estimate of drug-likeness (QED) is 0.871. The molecule has 0 bridgehead atoms. The Morgan fingerprint density at radius 3 is 2.48 bits per heavy atom. The van der Waals surface area contributed by atoms with Crippen LogP contribution in [-0.2, 0) is 9.59 Å². The summed E-state index contributed by atoms with van der Waals surface area (Å²) in [6, 6.07) is 5.91. The van der Waals surface area contributed by atoms with Crippen molar-refractivity contribution >= 4 is 17.4 Å². The SMILES string of the molecule is CC(=CC(=O)N1CCC(C)(C(=O)O)C1)c1ccc(F)cc1. The molecule has 1 aliphatic heterocycles. The van der Waals surface area contributed by atoms with Gasteiger partial charge in [0.05, 0.1) is 5.41 Å². The van der Waals surface area contributed by atoms with Gasteiger partial charge in [0.15, 0.2) is 0 Å². The van der Waals surface area contributed by atoms with E-state index in [0.29, 0.717) is 13.0 Å². The fourth-order valence-corrected chi connectivity index (χ4v) is 2.40. The average Bonchev–Trinajstić information content (AvgIpc) is 2.83. The van der Waals surface area contributed by atoms with E-state index in [9.17, 15) is 14.0 Å². The van der Waals surface area contributed by atoms with E-state index in [1.54, 1.807) is 30.9 Å². The second-order valence-electron chi connectivity index (χ2n) is 5.71. The predicted octanol–water partition coefficient (Wildman–Crippen LogP) is 2.55. The molecular formula is C16H18FNO3. The molecule has 1 fully saturated rings. The highest BCUT2D eigenvalue weighted by molar-refractivity contribution is 5.95. The van der Waals surface area contributed by atoms with Gasteiger partial charge >= 0.3 is 5.97 Å². The predicted molar refractivity (Wildman–Crippen MR) is 77.0 cm³/mol. The van der Waals surface area contributed by atoms with Crippen molar-refractivity contribution in [3.05, 3.63) is 41.7 Å². The van der Waals surface area contributed by atoms with Crippen LogP contribution >= 0.6 is 0 Å². The Balaban J connectivity index is 2.09. The lowest BCUT2D eigenvalue weighted by Gasteiger charge is -2.19. The fraction of sp³-hybridized carbons (Fsp3) is 0.375. The molecular weight excluding hydrogens is 273 g/mol. The molecule has 1 unspecified atom stereocenters. The molecule has 5 heteroatoms. The third kappa shape index (κ3) is 3.29. The molecule has 0 aliphatic carbocycles. The minimum atomic E-state index is -0.878. The van der Waals surface area contributed by atoms with Crippen molar-refractivity contribution in [3.8, 4) is 0 Å². The zero-order valence-corrected chi connectivity index (χ0v) is 12.1. The number of benzene rings is 1. The summed E-state index contributed by atoms with van der Waals surface area (Å²) in [5, 5.41) is 9.17. The van der Waals surface area contributed by atoms with Gasteiger partial charge in [-0.15, -0.1) is 0 Å². The van der Waals surface area contributed by atoms with Gasteiger partial charge in [0.2, 0.25) is 5.91 Å². The molecule has 1 N–H and O–H groups in total. The van der Waals surface area contributed by atoms with Crippen LogP contribution in [0.4, 0.5) is 4.39 Å². The Bertz CT molecular complexity index is 594. The molecule has 112 valence electrons. The summed E-state index contributed by atoms with van der Waals surface area (Å²) < 4.78 is 12.9. The third-order valence-electron chi connectivity index (χ3n) is 3.94. The summed E-state index contributed by atoms with van der Waals surface area (Å²) >= 11 is 0. The van der Waals surface area contributed by atoms with Crippen molar-refractivity contribution in [3.63, 3.8) is 0 Å². The second-order valence-corrected chi connectivity index (χ2v) is 5.71. The summed E-state index contributed by atoms with van der Waals surface area (Å²) in [7, 11) is 0. The number of allylic oxidation sites excluding steroid dienone is 1. The van der Waals surface area contributed by atoms with Crippen molar-refractivity contribution in [2.24, 2.45) is 5.41 Å². The van der Waals surface area contributed by atoms with Gasteiger partial charge in [-0.1, -0.05) is 12.1 Å². The van der Waals surface area contributed by atoms with Gasteiger partial charge < -0.3 is 10.0 Å². The number of hydrogen-bond acceptors (Lipinski definition) is 2. The molecule has 0 saturated carbocycles. The van der Waals surface area contributed by atoms with Crippen LogP contribution in [0.15, 0.2) is 30.3 Å². The summed E-state index contributed by atoms with van der Waals surface area (Å²) in [6.45, 7) is 4.08. The van der Waals surface area contributed by atoms with E-state index in [4.69, 9.17) is 5.11 Å². The molecule has 1 amide bonds. The van der Waals surface area contributed by atoms with Crippen molar-refractivity contribution in [1.29, 1.82) is 0 Å². The maximum atomic E-state index is 12.9. The summed E-state index contributed by atoms with van der Waals surface area (Å²) in [6.07, 6.45) is 1.93. The molecule has 0 radical (unpaired) electrons. The highest BCUT2D eigenvalue weighted by Crippen LogP contribution is 2.30. The maximum absolute atomic E-state index is 12.9. The van der Waals surface area contributed by atoms with E-state index in [2.05, 4.69) is 0 Å². The topological polar surface area (TPSA) is 57.6 Å². The number of nitrogens with zero attached hydrogens (tertiary/aromatic N) is 1. The van der Waals surface area contributed by atoms with Gasteiger partial charge in [0.25, 0.3) is 0 Å². The van der Waals surface area contributed by atoms with E-state index < -0.39 is 11.4 Å². The van der Waals surface area contributed by atoms with Crippen molar-refractivity contribution in [2.75, 3.05) is 13.1 Å². The first kappa shape index (κ1) is 15.2. The first-order valence-electron chi connectivity index (χ1n) is 6.78. The normalized spacial score (nSPS) is 22.4. The second kappa shape index (κ2) is 5.68. The monoisotopic (exact) mass is 291 g/mol. The summed E-state index contributed by atoms with van der Waals surface area (Å²) in [5.74, 6) is -1.41. The van der Waals surface area contributed by atoms with E-state index in [1.165, 1.54) is 18.2 Å². The molecule has 2 rings (SSSR count). The molecule has 4 nitrogen and oxygen atoms in total. The van der Waals surface area contributed by atoms with Crippen LogP contribution in [0.25, 0.3) is 5.57 Å². The van der Waals surface area contributed by atoms with Gasteiger partial charge in [-0.25, -0.2) is 4.39 Å². The number of amides is 1. The lowest BCUT2D eigenvalue weighted by Crippen LogP contribution is -2.34. The zero-order valence-electron chi connectivity index (χ0n) is 12.1. The molecule has 1 aromatic rings. The van der Waals surface area contributed by atoms with E-state index >= 15 is 0 Å². The van der Waals surface area contributed by atoms with E-state index in [-0.39, 0.29) is 18.3 Å². The number of hydrogen-bond donors (Lipinski definition) is 1. The summed E-state index contributed by atoms with van der Waals surface area (Å²) in [5.41, 5.74) is 0.627. The number of halogens is 1. The number of carboxylic acids is 1. The lowest BCUT2D eigenvalue weighted by molar-refractivity contribution is -0.147. The van der Waals surface area contributed by atoms with Crippen LogP contribution in [0.1, 0.15) is 25.8 Å². The Labute approximate surface area is 122 Å². The number of rotatable bonds is 3. The van der Waals surface area contributed by atoms with Crippen LogP contribution in [0.2, 0.25) is 0 Å². The fourth-order valence-electron chi connectivity index (χ4n) is 2.40. The molecule has 0 spiro atoms. The van der Waals surface area contributed by atoms with Crippen molar-refractivity contribution in [1.82, 2.24) is 4.90 Å². The van der Waals surface area contributed by atoms with Crippen LogP contribution in [0, 0.1) is 11.2 Å². The van der Waals surface area contributed by atoms with Crippen LogP contribution in [-0.4, -0.2) is 35.0 Å². The van der Waals surface area contributed by atoms with Gasteiger partial charge in [-0.2, -0.15) is 0 Å². The summed E-state index contributed by atoms with van der Waals surface area (Å²) in [4.78, 5) is 24.9. The number of likely N-dealkylation sites (tertiary alicyclic amines) is 1. The largest absolute Gasteiger partial charge is 0.481 e. The highest BCUT2D eigenvalue weighted by Gasteiger charge is 2.41. The van der Waals surface area contributed by atoms with Crippen LogP contribution < -0.4 is 0 Å². The Morgan fingerprint density at radius 1 is 1.33 bits per heavy atom. The first-order chi connectivity index (χ1) is 9.82. The molecule has 1 saturated heterocycles. The van der Waals surface area contributed by atoms with E-state index in [1.807, 2.05) is 0 Å². The van der Waals surface area contributed by atoms with Crippen LogP contribution in [0.3, 0.4) is 0 Å². The van der Waals surface area contributed by atoms with Crippen LogP contribution in [0.5, 0.6) is 0 Å².